The zero-order chi connectivity index (χ0) is 40.3. The highest BCUT2D eigenvalue weighted by Gasteiger charge is 1.90. The van der Waals surface area contributed by atoms with Crippen LogP contribution in [0.3, 0.4) is 0 Å². The number of hydrogen-bond donors (Lipinski definition) is 2. The minimum Gasteiger partial charge on any atom is -0.478 e. The van der Waals surface area contributed by atoms with Crippen LogP contribution >= 0.6 is 0 Å². The van der Waals surface area contributed by atoms with E-state index in [0.717, 1.165) is 0 Å². The standard InChI is InChI=1S/2C4H6O2.15C2H4/c2*1-3(2)4(5)6;15*1-2/h2*1H2,2H3,(H,5,6);15*1-2H2. The summed E-state index contributed by atoms with van der Waals surface area (Å²) in [5.74, 6) is -1.87. The molecule has 0 fully saturated rings. The second-order valence-corrected chi connectivity index (χ2v) is 2.17. The van der Waals surface area contributed by atoms with Gasteiger partial charge in [0, 0.05) is 11.1 Å². The normalized spacial score (nSPS) is 3.57. The number of carbonyl (C=O) groups is 2. The molecule has 0 atom stereocenters. The third-order valence-electron chi connectivity index (χ3n) is 0.730. The summed E-state index contributed by atoms with van der Waals surface area (Å²) in [4.78, 5) is 19.2. The van der Waals surface area contributed by atoms with E-state index in [9.17, 15) is 9.59 Å². The molecule has 0 saturated carbocycles. The van der Waals surface area contributed by atoms with E-state index in [-0.39, 0.29) is 11.1 Å². The fraction of sp³-hybridized carbons (Fsp3) is 0.0526. The van der Waals surface area contributed by atoms with Crippen LogP contribution in [0.5, 0.6) is 0 Å². The van der Waals surface area contributed by atoms with E-state index in [4.69, 9.17) is 10.2 Å². The van der Waals surface area contributed by atoms with Crippen LogP contribution in [0.1, 0.15) is 13.8 Å². The van der Waals surface area contributed by atoms with Crippen LogP contribution in [-0.2, 0) is 9.59 Å². The molecule has 0 aliphatic carbocycles. The van der Waals surface area contributed by atoms with Crippen molar-refractivity contribution >= 4 is 11.9 Å². The Labute approximate surface area is 267 Å². The van der Waals surface area contributed by atoms with E-state index in [1.807, 2.05) is 0 Å². The van der Waals surface area contributed by atoms with Crippen molar-refractivity contribution in [3.8, 4) is 0 Å². The number of carboxylic acid groups (broad SMARTS) is 2. The fourth-order valence-electron chi connectivity index (χ4n) is 0. The minimum atomic E-state index is -0.935. The van der Waals surface area contributed by atoms with Crippen LogP contribution < -0.4 is 0 Å². The maximum atomic E-state index is 9.60. The molecular weight excluding hydrogens is 520 g/mol. The smallest absolute Gasteiger partial charge is 0.330 e. The molecule has 0 unspecified atom stereocenters. The van der Waals surface area contributed by atoms with Gasteiger partial charge in [0.1, 0.15) is 0 Å². The molecule has 0 rings (SSSR count). The Morgan fingerprint density at radius 1 is 0.286 bits per heavy atom. The zero-order valence-corrected chi connectivity index (χ0v) is 28.3. The Morgan fingerprint density at radius 2 is 0.310 bits per heavy atom. The molecule has 0 heterocycles. The Kier molecular flexibility index (Phi) is 2870. The minimum absolute atomic E-state index is 0.176. The SMILES string of the molecule is C=C.C=C.C=C.C=C.C=C.C=C.C=C.C=C.C=C.C=C.C=C.C=C.C=C.C=C.C=C.C=C(C)C(=O)O.C=C(C)C(=O)O. The van der Waals surface area contributed by atoms with Crippen molar-refractivity contribution in [3.63, 3.8) is 0 Å². The monoisotopic (exact) mass is 593 g/mol. The van der Waals surface area contributed by atoms with Crippen molar-refractivity contribution in [2.24, 2.45) is 0 Å². The van der Waals surface area contributed by atoms with Crippen molar-refractivity contribution in [2.75, 3.05) is 0 Å². The summed E-state index contributed by atoms with van der Waals surface area (Å²) in [5, 5.41) is 15.8. The molecule has 2 N–H and O–H groups in total. The lowest BCUT2D eigenvalue weighted by atomic mass is 10.4. The van der Waals surface area contributed by atoms with Crippen molar-refractivity contribution < 1.29 is 19.8 Å². The molecule has 0 aliphatic rings. The molecule has 42 heavy (non-hydrogen) atoms. The molecule has 0 saturated heterocycles. The predicted molar refractivity (Wildman–Crippen MR) is 214 cm³/mol. The number of rotatable bonds is 2. The molecule has 0 amide bonds. The molecule has 0 aromatic rings. The van der Waals surface area contributed by atoms with Crippen molar-refractivity contribution in [2.45, 2.75) is 13.8 Å². The van der Waals surface area contributed by atoms with Crippen molar-refractivity contribution in [1.29, 1.82) is 0 Å². The van der Waals surface area contributed by atoms with Crippen LogP contribution in [0.15, 0.2) is 222 Å². The number of hydrogen-bond acceptors (Lipinski definition) is 2. The summed E-state index contributed by atoms with van der Waals surface area (Å²) in [5.41, 5.74) is 0.352. The quantitative estimate of drug-likeness (QED) is 0.247. The first-order chi connectivity index (χ1) is 20.3. The van der Waals surface area contributed by atoms with Gasteiger partial charge in [-0.15, -0.1) is 197 Å². The first kappa shape index (κ1) is 121. The molecule has 0 aromatic heterocycles. The van der Waals surface area contributed by atoms with E-state index in [0.29, 0.717) is 0 Å². The maximum absolute atomic E-state index is 9.60. The van der Waals surface area contributed by atoms with E-state index in [1.54, 1.807) is 0 Å². The maximum Gasteiger partial charge on any atom is 0.330 e. The number of aliphatic carboxylic acids is 2. The highest BCUT2D eigenvalue weighted by atomic mass is 16.4. The van der Waals surface area contributed by atoms with E-state index >= 15 is 0 Å². The second-order valence-electron chi connectivity index (χ2n) is 2.17. The van der Waals surface area contributed by atoms with E-state index < -0.39 is 11.9 Å². The summed E-state index contributed by atoms with van der Waals surface area (Å²) in [6.45, 7) is 99.2. The number of carboxylic acids is 2. The second kappa shape index (κ2) is 996. The van der Waals surface area contributed by atoms with Crippen LogP contribution in [0, 0.1) is 0 Å². The summed E-state index contributed by atoms with van der Waals surface area (Å²) in [6.07, 6.45) is 0. The average molecular weight is 593 g/mol. The third kappa shape index (κ3) is 6110. The molecule has 0 bridgehead atoms. The first-order valence-corrected chi connectivity index (χ1v) is 10.6. The predicted octanol–water partition coefficient (Wildman–Crippen LogP) is 13.3. The zero-order valence-electron chi connectivity index (χ0n) is 28.3. The van der Waals surface area contributed by atoms with Crippen molar-refractivity contribution in [3.05, 3.63) is 222 Å². The van der Waals surface area contributed by atoms with Crippen LogP contribution in [0.2, 0.25) is 0 Å². The van der Waals surface area contributed by atoms with Gasteiger partial charge in [-0.25, -0.2) is 9.59 Å². The van der Waals surface area contributed by atoms with Gasteiger partial charge in [-0.1, -0.05) is 13.2 Å². The van der Waals surface area contributed by atoms with E-state index in [1.165, 1.54) is 13.8 Å². The summed E-state index contributed by atoms with van der Waals surface area (Å²) >= 11 is 0. The lowest BCUT2D eigenvalue weighted by molar-refractivity contribution is -0.133. The molecule has 0 aromatic carbocycles. The lowest BCUT2D eigenvalue weighted by Gasteiger charge is -1.79. The topological polar surface area (TPSA) is 74.6 Å². The van der Waals surface area contributed by atoms with Gasteiger partial charge in [0.25, 0.3) is 0 Å². The van der Waals surface area contributed by atoms with Gasteiger partial charge in [-0.3, -0.25) is 0 Å². The fourth-order valence-corrected chi connectivity index (χ4v) is 0. The summed E-state index contributed by atoms with van der Waals surface area (Å²) in [7, 11) is 0. The molecule has 4 heteroatoms. The van der Waals surface area contributed by atoms with Gasteiger partial charge >= 0.3 is 11.9 Å². The largest absolute Gasteiger partial charge is 0.478 e. The first-order valence-electron chi connectivity index (χ1n) is 10.6. The molecule has 0 spiro atoms. The van der Waals surface area contributed by atoms with Crippen LogP contribution in [-0.4, -0.2) is 22.2 Å². The molecule has 0 aliphatic heterocycles. The highest BCUT2D eigenvalue weighted by molar-refractivity contribution is 5.85. The summed E-state index contributed by atoms with van der Waals surface area (Å²) in [6, 6.07) is 0. The molecule has 0 radical (unpaired) electrons. The lowest BCUT2D eigenvalue weighted by Crippen LogP contribution is -1.92. The Hall–Kier alpha value is -5.48. The molecule has 4 nitrogen and oxygen atoms in total. The highest BCUT2D eigenvalue weighted by Crippen LogP contribution is 1.81. The van der Waals surface area contributed by atoms with Crippen LogP contribution in [0.25, 0.3) is 0 Å². The van der Waals surface area contributed by atoms with Gasteiger partial charge in [0.2, 0.25) is 0 Å². The van der Waals surface area contributed by atoms with Gasteiger partial charge in [0.05, 0.1) is 0 Å². The Bertz CT molecular complexity index is 309. The van der Waals surface area contributed by atoms with Gasteiger partial charge in [0.15, 0.2) is 0 Å². The average Bonchev–Trinajstić information content (AvgIpc) is 3.14. The molecule has 248 valence electrons. The third-order valence-corrected chi connectivity index (χ3v) is 0.730. The van der Waals surface area contributed by atoms with Gasteiger partial charge in [-0.2, -0.15) is 0 Å². The summed E-state index contributed by atoms with van der Waals surface area (Å²) < 4.78 is 0. The van der Waals surface area contributed by atoms with Gasteiger partial charge in [-0.05, 0) is 13.8 Å². The molecular formula is C38H72O4. The van der Waals surface area contributed by atoms with Crippen LogP contribution in [0.4, 0.5) is 0 Å². The van der Waals surface area contributed by atoms with Gasteiger partial charge < -0.3 is 10.2 Å². The Morgan fingerprint density at radius 3 is 0.310 bits per heavy atom. The van der Waals surface area contributed by atoms with Crippen molar-refractivity contribution in [1.82, 2.24) is 0 Å². The van der Waals surface area contributed by atoms with E-state index in [2.05, 4.69) is 211 Å². The Balaban J connectivity index is -0.0000000109.